The first-order valence-electron chi connectivity index (χ1n) is 6.62. The summed E-state index contributed by atoms with van der Waals surface area (Å²) < 4.78 is 0. The number of carbonyl (C=O) groups is 1. The van der Waals surface area contributed by atoms with Gasteiger partial charge in [-0.3, -0.25) is 4.79 Å². The lowest BCUT2D eigenvalue weighted by Crippen LogP contribution is -2.34. The summed E-state index contributed by atoms with van der Waals surface area (Å²) in [4.78, 5) is 13.1. The van der Waals surface area contributed by atoms with Gasteiger partial charge in [0.25, 0.3) is 0 Å². The summed E-state index contributed by atoms with van der Waals surface area (Å²) in [7, 11) is 3.65. The van der Waals surface area contributed by atoms with Gasteiger partial charge in [-0.15, -0.1) is 0 Å². The van der Waals surface area contributed by atoms with E-state index in [1.807, 2.05) is 14.1 Å². The quantitative estimate of drug-likeness (QED) is 0.667. The molecule has 0 atom stereocenters. The van der Waals surface area contributed by atoms with Gasteiger partial charge in [-0.05, 0) is 50.5 Å². The molecule has 0 aromatic rings. The largest absolute Gasteiger partial charge is 0.349 e. The van der Waals surface area contributed by atoms with Crippen LogP contribution in [0.3, 0.4) is 0 Å². The van der Waals surface area contributed by atoms with Gasteiger partial charge >= 0.3 is 0 Å². The van der Waals surface area contributed by atoms with Crippen molar-refractivity contribution in [1.29, 1.82) is 0 Å². The van der Waals surface area contributed by atoms with E-state index in [9.17, 15) is 4.79 Å². The molecule has 2 aliphatic carbocycles. The van der Waals surface area contributed by atoms with Crippen LogP contribution >= 0.6 is 0 Å². The molecule has 0 aliphatic heterocycles. The van der Waals surface area contributed by atoms with Gasteiger partial charge in [-0.2, -0.15) is 0 Å². The second-order valence-corrected chi connectivity index (χ2v) is 5.55. The monoisotopic (exact) mass is 224 g/mol. The van der Waals surface area contributed by atoms with Crippen molar-refractivity contribution in [2.75, 3.05) is 20.6 Å². The van der Waals surface area contributed by atoms with Crippen LogP contribution in [0.15, 0.2) is 0 Å². The van der Waals surface area contributed by atoms with Crippen molar-refractivity contribution in [1.82, 2.24) is 10.2 Å². The van der Waals surface area contributed by atoms with Crippen LogP contribution in [0.4, 0.5) is 0 Å². The molecule has 2 fully saturated rings. The van der Waals surface area contributed by atoms with Gasteiger partial charge in [0.2, 0.25) is 5.91 Å². The van der Waals surface area contributed by atoms with Crippen molar-refractivity contribution in [3.63, 3.8) is 0 Å². The standard InChI is InChI=1S/C13H24N2O/c1-15(2)12(16)4-3-9-14-13(10-5-6-10)11-7-8-11/h10-11,13-14H,3-9H2,1-2H3. The van der Waals surface area contributed by atoms with E-state index < -0.39 is 0 Å². The number of nitrogens with one attached hydrogen (secondary N) is 1. The van der Waals surface area contributed by atoms with E-state index in [1.165, 1.54) is 25.7 Å². The van der Waals surface area contributed by atoms with Crippen LogP contribution in [0.2, 0.25) is 0 Å². The van der Waals surface area contributed by atoms with E-state index >= 15 is 0 Å². The Morgan fingerprint density at radius 1 is 1.25 bits per heavy atom. The van der Waals surface area contributed by atoms with Crippen molar-refractivity contribution in [3.05, 3.63) is 0 Å². The topological polar surface area (TPSA) is 32.3 Å². The Kier molecular flexibility index (Phi) is 3.85. The molecule has 0 heterocycles. The third-order valence-corrected chi connectivity index (χ3v) is 3.71. The van der Waals surface area contributed by atoms with Crippen molar-refractivity contribution >= 4 is 5.91 Å². The third-order valence-electron chi connectivity index (χ3n) is 3.71. The van der Waals surface area contributed by atoms with Crippen LogP contribution in [-0.2, 0) is 4.79 Å². The molecule has 2 saturated carbocycles. The minimum Gasteiger partial charge on any atom is -0.349 e. The molecule has 0 saturated heterocycles. The fourth-order valence-corrected chi connectivity index (χ4v) is 2.36. The fourth-order valence-electron chi connectivity index (χ4n) is 2.36. The average molecular weight is 224 g/mol. The molecule has 2 rings (SSSR count). The fraction of sp³-hybridized carbons (Fsp3) is 0.923. The number of rotatable bonds is 7. The smallest absolute Gasteiger partial charge is 0.222 e. The molecule has 0 bridgehead atoms. The second kappa shape index (κ2) is 5.17. The van der Waals surface area contributed by atoms with Crippen molar-refractivity contribution in [3.8, 4) is 0 Å². The highest BCUT2D eigenvalue weighted by molar-refractivity contribution is 5.75. The van der Waals surface area contributed by atoms with Gasteiger partial charge in [0.15, 0.2) is 0 Å². The highest BCUT2D eigenvalue weighted by Crippen LogP contribution is 2.44. The predicted octanol–water partition coefficient (Wildman–Crippen LogP) is 1.63. The maximum absolute atomic E-state index is 11.4. The summed E-state index contributed by atoms with van der Waals surface area (Å²) in [6.45, 7) is 1.01. The van der Waals surface area contributed by atoms with Gasteiger partial charge in [0.1, 0.15) is 0 Å². The summed E-state index contributed by atoms with van der Waals surface area (Å²) in [5.41, 5.74) is 0. The lowest BCUT2D eigenvalue weighted by molar-refractivity contribution is -0.128. The van der Waals surface area contributed by atoms with Gasteiger partial charge in [0.05, 0.1) is 0 Å². The molecule has 3 heteroatoms. The maximum atomic E-state index is 11.4. The molecule has 0 unspecified atom stereocenters. The number of hydrogen-bond acceptors (Lipinski definition) is 2. The number of nitrogens with zero attached hydrogens (tertiary/aromatic N) is 1. The summed E-state index contributed by atoms with van der Waals surface area (Å²) in [5, 5.41) is 3.67. The Bertz CT molecular complexity index is 232. The van der Waals surface area contributed by atoms with E-state index in [1.54, 1.807) is 4.90 Å². The van der Waals surface area contributed by atoms with E-state index in [2.05, 4.69) is 5.32 Å². The summed E-state index contributed by atoms with van der Waals surface area (Å²) in [6.07, 6.45) is 7.35. The number of amides is 1. The van der Waals surface area contributed by atoms with E-state index in [0.717, 1.165) is 30.8 Å². The highest BCUT2D eigenvalue weighted by atomic mass is 16.2. The third kappa shape index (κ3) is 3.48. The Morgan fingerprint density at radius 2 is 1.81 bits per heavy atom. The normalized spacial score (nSPS) is 20.2. The first-order chi connectivity index (χ1) is 7.68. The average Bonchev–Trinajstić information content (AvgIpc) is 3.10. The molecule has 3 nitrogen and oxygen atoms in total. The SMILES string of the molecule is CN(C)C(=O)CCCNC(C1CC1)C1CC1. The van der Waals surface area contributed by atoms with E-state index in [4.69, 9.17) is 0 Å². The zero-order chi connectivity index (χ0) is 11.5. The van der Waals surface area contributed by atoms with Gasteiger partial charge in [-0.1, -0.05) is 0 Å². The Balaban J connectivity index is 1.57. The molecule has 1 N–H and O–H groups in total. The Morgan fingerprint density at radius 3 is 2.25 bits per heavy atom. The maximum Gasteiger partial charge on any atom is 0.222 e. The van der Waals surface area contributed by atoms with Crippen molar-refractivity contribution in [2.24, 2.45) is 11.8 Å². The van der Waals surface area contributed by atoms with E-state index in [0.29, 0.717) is 6.42 Å². The van der Waals surface area contributed by atoms with Crippen LogP contribution < -0.4 is 5.32 Å². The van der Waals surface area contributed by atoms with Crippen LogP contribution in [0.25, 0.3) is 0 Å². The van der Waals surface area contributed by atoms with Crippen molar-refractivity contribution < 1.29 is 4.79 Å². The molecule has 2 aliphatic rings. The molecule has 92 valence electrons. The Hall–Kier alpha value is -0.570. The molecular formula is C13H24N2O. The Labute approximate surface area is 98.6 Å². The minimum atomic E-state index is 0.246. The molecule has 0 spiro atoms. The minimum absolute atomic E-state index is 0.246. The van der Waals surface area contributed by atoms with Crippen LogP contribution in [0.1, 0.15) is 38.5 Å². The van der Waals surface area contributed by atoms with Crippen LogP contribution in [0, 0.1) is 11.8 Å². The second-order valence-electron chi connectivity index (χ2n) is 5.55. The molecule has 16 heavy (non-hydrogen) atoms. The highest BCUT2D eigenvalue weighted by Gasteiger charge is 2.40. The van der Waals surface area contributed by atoms with E-state index in [-0.39, 0.29) is 5.91 Å². The molecule has 0 aromatic carbocycles. The van der Waals surface area contributed by atoms with Gasteiger partial charge in [-0.25, -0.2) is 0 Å². The first-order valence-corrected chi connectivity index (χ1v) is 6.62. The zero-order valence-corrected chi connectivity index (χ0v) is 10.5. The van der Waals surface area contributed by atoms with Gasteiger partial charge < -0.3 is 10.2 Å². The number of carbonyl (C=O) groups excluding carboxylic acids is 1. The number of hydrogen-bond donors (Lipinski definition) is 1. The zero-order valence-electron chi connectivity index (χ0n) is 10.5. The van der Waals surface area contributed by atoms with Crippen molar-refractivity contribution in [2.45, 2.75) is 44.6 Å². The molecule has 0 aromatic heterocycles. The summed E-state index contributed by atoms with van der Waals surface area (Å²) in [5.74, 6) is 2.16. The van der Waals surface area contributed by atoms with Crippen LogP contribution in [-0.4, -0.2) is 37.5 Å². The predicted molar refractivity (Wildman–Crippen MR) is 65.2 cm³/mol. The van der Waals surface area contributed by atoms with Crippen LogP contribution in [0.5, 0.6) is 0 Å². The molecular weight excluding hydrogens is 200 g/mol. The summed E-state index contributed by atoms with van der Waals surface area (Å²) in [6, 6.07) is 0.773. The van der Waals surface area contributed by atoms with Gasteiger partial charge in [0, 0.05) is 26.6 Å². The first kappa shape index (κ1) is 11.9. The lowest BCUT2D eigenvalue weighted by atomic mass is 10.1. The molecule has 0 radical (unpaired) electrons. The lowest BCUT2D eigenvalue weighted by Gasteiger charge is -2.17. The summed E-state index contributed by atoms with van der Waals surface area (Å²) >= 11 is 0. The molecule has 1 amide bonds.